The van der Waals surface area contributed by atoms with E-state index in [0.717, 1.165) is 6.04 Å². The van der Waals surface area contributed by atoms with E-state index in [1.165, 1.54) is 37.1 Å². The van der Waals surface area contributed by atoms with Gasteiger partial charge in [0.2, 0.25) is 0 Å². The smallest absolute Gasteiger partial charge is 0.0368 e. The quantitative estimate of drug-likeness (QED) is 0.819. The Kier molecular flexibility index (Phi) is 3.27. The first kappa shape index (κ1) is 10.5. The van der Waals surface area contributed by atoms with Crippen molar-refractivity contribution < 1.29 is 0 Å². The molecule has 1 atom stereocenters. The van der Waals surface area contributed by atoms with Crippen LogP contribution in [0.5, 0.6) is 0 Å². The van der Waals surface area contributed by atoms with Crippen LogP contribution in [0.15, 0.2) is 24.3 Å². The lowest BCUT2D eigenvalue weighted by Crippen LogP contribution is -2.28. The molecule has 0 amide bonds. The molecular weight excluding hydrogens is 184 g/mol. The molecule has 0 aromatic heterocycles. The molecule has 1 saturated heterocycles. The number of benzene rings is 1. The van der Waals surface area contributed by atoms with Crippen molar-refractivity contribution in [3.8, 4) is 0 Å². The zero-order chi connectivity index (χ0) is 10.7. The third-order valence-electron chi connectivity index (χ3n) is 3.35. The van der Waals surface area contributed by atoms with Crippen LogP contribution in [0.3, 0.4) is 0 Å². The maximum Gasteiger partial charge on any atom is 0.0368 e. The zero-order valence-corrected chi connectivity index (χ0v) is 9.45. The standard InChI is InChI=1S/C13H20N2/c1-2-12-4-3-9-15(12)13-7-5-11(10-14)6-8-13/h5-8,12H,2-4,9-10,14H2,1H3. The molecule has 1 aromatic rings. The highest BCUT2D eigenvalue weighted by Crippen LogP contribution is 2.27. The van der Waals surface area contributed by atoms with Crippen LogP contribution in [0.25, 0.3) is 0 Å². The maximum absolute atomic E-state index is 5.59. The second kappa shape index (κ2) is 4.67. The van der Waals surface area contributed by atoms with Gasteiger partial charge in [0, 0.05) is 24.8 Å². The van der Waals surface area contributed by atoms with E-state index < -0.39 is 0 Å². The Morgan fingerprint density at radius 2 is 2.07 bits per heavy atom. The van der Waals surface area contributed by atoms with Gasteiger partial charge < -0.3 is 10.6 Å². The van der Waals surface area contributed by atoms with Crippen molar-refractivity contribution in [2.75, 3.05) is 11.4 Å². The molecule has 2 rings (SSSR count). The highest BCUT2D eigenvalue weighted by Gasteiger charge is 2.22. The first-order valence-corrected chi connectivity index (χ1v) is 5.90. The van der Waals surface area contributed by atoms with E-state index in [1.54, 1.807) is 0 Å². The number of nitrogens with zero attached hydrogens (tertiary/aromatic N) is 1. The molecule has 15 heavy (non-hydrogen) atoms. The molecule has 1 heterocycles. The summed E-state index contributed by atoms with van der Waals surface area (Å²) in [6.45, 7) is 4.12. The van der Waals surface area contributed by atoms with E-state index in [4.69, 9.17) is 5.73 Å². The van der Waals surface area contributed by atoms with Crippen molar-refractivity contribution in [1.82, 2.24) is 0 Å². The monoisotopic (exact) mass is 204 g/mol. The highest BCUT2D eigenvalue weighted by molar-refractivity contribution is 5.49. The van der Waals surface area contributed by atoms with E-state index in [9.17, 15) is 0 Å². The number of anilines is 1. The van der Waals surface area contributed by atoms with E-state index in [1.807, 2.05) is 0 Å². The van der Waals surface area contributed by atoms with Crippen LogP contribution in [0.4, 0.5) is 5.69 Å². The lowest BCUT2D eigenvalue weighted by Gasteiger charge is -2.26. The van der Waals surface area contributed by atoms with Crippen LogP contribution >= 0.6 is 0 Å². The van der Waals surface area contributed by atoms with Gasteiger partial charge in [-0.15, -0.1) is 0 Å². The molecule has 0 spiro atoms. The van der Waals surface area contributed by atoms with Gasteiger partial charge in [-0.05, 0) is 37.0 Å². The Bertz CT molecular complexity index is 305. The van der Waals surface area contributed by atoms with Gasteiger partial charge in [0.05, 0.1) is 0 Å². The number of nitrogens with two attached hydrogens (primary N) is 1. The summed E-state index contributed by atoms with van der Waals surface area (Å²) < 4.78 is 0. The minimum absolute atomic E-state index is 0.636. The van der Waals surface area contributed by atoms with E-state index in [0.29, 0.717) is 6.54 Å². The minimum Gasteiger partial charge on any atom is -0.369 e. The van der Waals surface area contributed by atoms with Crippen molar-refractivity contribution >= 4 is 5.69 Å². The van der Waals surface area contributed by atoms with Gasteiger partial charge in [-0.25, -0.2) is 0 Å². The van der Waals surface area contributed by atoms with Gasteiger partial charge >= 0.3 is 0 Å². The summed E-state index contributed by atoms with van der Waals surface area (Å²) in [6.07, 6.45) is 3.92. The van der Waals surface area contributed by atoms with E-state index in [-0.39, 0.29) is 0 Å². The summed E-state index contributed by atoms with van der Waals surface area (Å²) in [5.41, 5.74) is 8.17. The lowest BCUT2D eigenvalue weighted by molar-refractivity contribution is 0.645. The van der Waals surface area contributed by atoms with Crippen molar-refractivity contribution in [2.24, 2.45) is 5.73 Å². The predicted octanol–water partition coefficient (Wildman–Crippen LogP) is 2.52. The van der Waals surface area contributed by atoms with Crippen LogP contribution in [0.2, 0.25) is 0 Å². The Morgan fingerprint density at radius 3 is 2.67 bits per heavy atom. The molecule has 1 fully saturated rings. The molecule has 2 nitrogen and oxygen atoms in total. The molecule has 82 valence electrons. The fourth-order valence-corrected chi connectivity index (χ4v) is 2.42. The third kappa shape index (κ3) is 2.15. The summed E-state index contributed by atoms with van der Waals surface area (Å²) in [4.78, 5) is 2.53. The molecule has 0 bridgehead atoms. The third-order valence-corrected chi connectivity index (χ3v) is 3.35. The van der Waals surface area contributed by atoms with Crippen molar-refractivity contribution in [3.63, 3.8) is 0 Å². The minimum atomic E-state index is 0.636. The van der Waals surface area contributed by atoms with Gasteiger partial charge in [0.15, 0.2) is 0 Å². The zero-order valence-electron chi connectivity index (χ0n) is 9.45. The first-order valence-electron chi connectivity index (χ1n) is 5.90. The molecular formula is C13H20N2. The first-order chi connectivity index (χ1) is 7.35. The fourth-order valence-electron chi connectivity index (χ4n) is 2.42. The lowest BCUT2D eigenvalue weighted by atomic mass is 10.1. The second-order valence-corrected chi connectivity index (χ2v) is 4.27. The molecule has 1 unspecified atom stereocenters. The SMILES string of the molecule is CCC1CCCN1c1ccc(CN)cc1. The molecule has 0 aliphatic carbocycles. The number of hydrogen-bond acceptors (Lipinski definition) is 2. The topological polar surface area (TPSA) is 29.3 Å². The van der Waals surface area contributed by atoms with Crippen molar-refractivity contribution in [1.29, 1.82) is 0 Å². The molecule has 0 saturated carbocycles. The Hall–Kier alpha value is -1.02. The van der Waals surface area contributed by atoms with Crippen LogP contribution < -0.4 is 10.6 Å². The molecule has 2 heteroatoms. The summed E-state index contributed by atoms with van der Waals surface area (Å²) in [6, 6.07) is 9.43. The molecule has 1 aromatic carbocycles. The second-order valence-electron chi connectivity index (χ2n) is 4.27. The number of hydrogen-bond donors (Lipinski definition) is 1. The van der Waals surface area contributed by atoms with Gasteiger partial charge in [0.1, 0.15) is 0 Å². The van der Waals surface area contributed by atoms with Crippen molar-refractivity contribution in [3.05, 3.63) is 29.8 Å². The molecule has 0 radical (unpaired) electrons. The average molecular weight is 204 g/mol. The summed E-state index contributed by atoms with van der Waals surface area (Å²) in [5, 5.41) is 0. The molecule has 1 aliphatic rings. The van der Waals surface area contributed by atoms with E-state index >= 15 is 0 Å². The van der Waals surface area contributed by atoms with Gasteiger partial charge in [-0.1, -0.05) is 19.1 Å². The fraction of sp³-hybridized carbons (Fsp3) is 0.538. The van der Waals surface area contributed by atoms with Gasteiger partial charge in [-0.2, -0.15) is 0 Å². The number of rotatable bonds is 3. The predicted molar refractivity (Wildman–Crippen MR) is 65.0 cm³/mol. The largest absolute Gasteiger partial charge is 0.369 e. The Labute approximate surface area is 92.1 Å². The van der Waals surface area contributed by atoms with Crippen LogP contribution in [0.1, 0.15) is 31.7 Å². The van der Waals surface area contributed by atoms with Crippen LogP contribution in [0, 0.1) is 0 Å². The summed E-state index contributed by atoms with van der Waals surface area (Å²) in [7, 11) is 0. The highest BCUT2D eigenvalue weighted by atomic mass is 15.2. The maximum atomic E-state index is 5.59. The molecule has 2 N–H and O–H groups in total. The van der Waals surface area contributed by atoms with Gasteiger partial charge in [0.25, 0.3) is 0 Å². The van der Waals surface area contributed by atoms with Gasteiger partial charge in [-0.3, -0.25) is 0 Å². The summed E-state index contributed by atoms with van der Waals surface area (Å²) >= 11 is 0. The molecule has 1 aliphatic heterocycles. The van der Waals surface area contributed by atoms with Crippen LogP contribution in [-0.2, 0) is 6.54 Å². The summed E-state index contributed by atoms with van der Waals surface area (Å²) in [5.74, 6) is 0. The van der Waals surface area contributed by atoms with E-state index in [2.05, 4.69) is 36.1 Å². The Balaban J connectivity index is 2.14. The van der Waals surface area contributed by atoms with Crippen molar-refractivity contribution in [2.45, 2.75) is 38.8 Å². The Morgan fingerprint density at radius 1 is 1.33 bits per heavy atom. The normalized spacial score (nSPS) is 20.9. The average Bonchev–Trinajstić information content (AvgIpc) is 2.77. The van der Waals surface area contributed by atoms with Crippen LogP contribution in [-0.4, -0.2) is 12.6 Å².